The molecule has 1 aromatic carbocycles. The summed E-state index contributed by atoms with van der Waals surface area (Å²) in [5.41, 5.74) is 3.37. The highest BCUT2D eigenvalue weighted by atomic mass is 16.5. The van der Waals surface area contributed by atoms with Gasteiger partial charge in [0.25, 0.3) is 5.91 Å². The van der Waals surface area contributed by atoms with E-state index in [1.54, 1.807) is 4.90 Å². The number of imidazole rings is 1. The minimum absolute atomic E-state index is 0.0538. The summed E-state index contributed by atoms with van der Waals surface area (Å²) in [7, 11) is 1.84. The number of hydrogen-bond donors (Lipinski definition) is 0. The van der Waals surface area contributed by atoms with Gasteiger partial charge in [-0.25, -0.2) is 4.98 Å². The minimum atomic E-state index is -0.0538. The number of fused-ring (bicyclic) bond motifs is 1. The number of benzene rings is 1. The Morgan fingerprint density at radius 3 is 2.52 bits per heavy atom. The van der Waals surface area contributed by atoms with Crippen molar-refractivity contribution in [3.05, 3.63) is 71.7 Å². The summed E-state index contributed by atoms with van der Waals surface area (Å²) in [6.45, 7) is 7.10. The third-order valence-corrected chi connectivity index (χ3v) is 5.31. The van der Waals surface area contributed by atoms with E-state index < -0.39 is 0 Å². The van der Waals surface area contributed by atoms with E-state index in [0.717, 1.165) is 30.0 Å². The van der Waals surface area contributed by atoms with Crippen molar-refractivity contribution in [3.8, 4) is 0 Å². The van der Waals surface area contributed by atoms with Crippen LogP contribution in [0.5, 0.6) is 0 Å². The molecule has 0 aliphatic carbocycles. The zero-order chi connectivity index (χ0) is 20.4. The Hall–Kier alpha value is -2.70. The molecule has 6 nitrogen and oxygen atoms in total. The predicted octanol–water partition coefficient (Wildman–Crippen LogP) is 3.22. The molecule has 1 aliphatic rings. The zero-order valence-corrected chi connectivity index (χ0v) is 17.3. The topological polar surface area (TPSA) is 50.1 Å². The molecule has 2 aromatic heterocycles. The van der Waals surface area contributed by atoms with Gasteiger partial charge in [-0.1, -0.05) is 36.4 Å². The lowest BCUT2D eigenvalue weighted by Crippen LogP contribution is -2.45. The van der Waals surface area contributed by atoms with Gasteiger partial charge < -0.3 is 14.0 Å². The van der Waals surface area contributed by atoms with E-state index in [4.69, 9.17) is 9.72 Å². The first-order valence-corrected chi connectivity index (χ1v) is 10.1. The highest BCUT2D eigenvalue weighted by Crippen LogP contribution is 2.20. The van der Waals surface area contributed by atoms with Gasteiger partial charge in [-0.2, -0.15) is 0 Å². The van der Waals surface area contributed by atoms with Gasteiger partial charge in [0.15, 0.2) is 5.69 Å². The lowest BCUT2D eigenvalue weighted by molar-refractivity contribution is -0.0708. The van der Waals surface area contributed by atoms with Crippen molar-refractivity contribution >= 4 is 11.6 Å². The highest BCUT2D eigenvalue weighted by Gasteiger charge is 2.27. The number of carbonyl (C=O) groups is 1. The number of pyridine rings is 1. The molecule has 0 unspecified atom stereocenters. The molecular formula is C23H28N4O2. The van der Waals surface area contributed by atoms with E-state index in [2.05, 4.69) is 18.7 Å². The van der Waals surface area contributed by atoms with Crippen LogP contribution in [0.1, 0.15) is 35.6 Å². The lowest BCUT2D eigenvalue weighted by atomic mass is 10.2. The number of nitrogens with zero attached hydrogens (tertiary/aromatic N) is 4. The molecule has 2 atom stereocenters. The summed E-state index contributed by atoms with van der Waals surface area (Å²) in [4.78, 5) is 22.1. The normalized spacial score (nSPS) is 20.1. The van der Waals surface area contributed by atoms with E-state index in [0.29, 0.717) is 18.8 Å². The molecule has 29 heavy (non-hydrogen) atoms. The second kappa shape index (κ2) is 8.35. The van der Waals surface area contributed by atoms with Crippen molar-refractivity contribution in [2.24, 2.45) is 0 Å². The lowest BCUT2D eigenvalue weighted by Gasteiger charge is -2.35. The van der Waals surface area contributed by atoms with Crippen LogP contribution in [0.3, 0.4) is 0 Å². The van der Waals surface area contributed by atoms with E-state index >= 15 is 0 Å². The van der Waals surface area contributed by atoms with Crippen LogP contribution in [0.2, 0.25) is 0 Å². The number of amides is 1. The summed E-state index contributed by atoms with van der Waals surface area (Å²) in [5.74, 6) is -0.0538. The van der Waals surface area contributed by atoms with Crippen molar-refractivity contribution in [1.82, 2.24) is 19.2 Å². The first kappa shape index (κ1) is 19.6. The number of hydrogen-bond acceptors (Lipinski definition) is 4. The SMILES string of the molecule is C[C@@H]1CN(Cc2c(C(=O)N(C)Cc3ccccc3)nc3ccccn23)C[C@H](C)O1. The molecular weight excluding hydrogens is 364 g/mol. The molecule has 6 heteroatoms. The van der Waals surface area contributed by atoms with Gasteiger partial charge in [-0.15, -0.1) is 0 Å². The second-order valence-corrected chi connectivity index (χ2v) is 7.93. The summed E-state index contributed by atoms with van der Waals surface area (Å²) in [5, 5.41) is 0. The van der Waals surface area contributed by atoms with Gasteiger partial charge >= 0.3 is 0 Å². The predicted molar refractivity (Wildman–Crippen MR) is 113 cm³/mol. The van der Waals surface area contributed by atoms with Crippen LogP contribution in [-0.2, 0) is 17.8 Å². The first-order chi connectivity index (χ1) is 14.0. The molecule has 0 radical (unpaired) electrons. The maximum Gasteiger partial charge on any atom is 0.274 e. The number of morpholine rings is 1. The molecule has 1 saturated heterocycles. The van der Waals surface area contributed by atoms with Crippen molar-refractivity contribution < 1.29 is 9.53 Å². The quantitative estimate of drug-likeness (QED) is 0.669. The van der Waals surface area contributed by atoms with Gasteiger partial charge in [-0.3, -0.25) is 9.69 Å². The van der Waals surface area contributed by atoms with E-state index in [9.17, 15) is 4.79 Å². The van der Waals surface area contributed by atoms with E-state index in [1.807, 2.05) is 66.2 Å². The fourth-order valence-electron chi connectivity index (χ4n) is 4.10. The van der Waals surface area contributed by atoms with Gasteiger partial charge in [-0.05, 0) is 31.5 Å². The Morgan fingerprint density at radius 2 is 1.79 bits per heavy atom. The minimum Gasteiger partial charge on any atom is -0.373 e. The maximum absolute atomic E-state index is 13.3. The van der Waals surface area contributed by atoms with Gasteiger partial charge in [0.05, 0.1) is 17.9 Å². The second-order valence-electron chi connectivity index (χ2n) is 7.93. The molecule has 1 fully saturated rings. The third-order valence-electron chi connectivity index (χ3n) is 5.31. The summed E-state index contributed by atoms with van der Waals surface area (Å²) in [6, 6.07) is 15.9. The Balaban J connectivity index is 1.63. The summed E-state index contributed by atoms with van der Waals surface area (Å²) in [6.07, 6.45) is 2.34. The van der Waals surface area contributed by atoms with E-state index in [-0.39, 0.29) is 18.1 Å². The Bertz CT molecular complexity index is 975. The number of rotatable bonds is 5. The van der Waals surface area contributed by atoms with Crippen LogP contribution in [0.25, 0.3) is 5.65 Å². The fourth-order valence-corrected chi connectivity index (χ4v) is 4.10. The number of aromatic nitrogens is 2. The average Bonchev–Trinajstić information content (AvgIpc) is 3.06. The molecule has 0 spiro atoms. The molecule has 3 aromatic rings. The Kier molecular flexibility index (Phi) is 5.65. The van der Waals surface area contributed by atoms with Crippen molar-refractivity contribution in [1.29, 1.82) is 0 Å². The largest absolute Gasteiger partial charge is 0.373 e. The summed E-state index contributed by atoms with van der Waals surface area (Å²) < 4.78 is 7.90. The van der Waals surface area contributed by atoms with Crippen LogP contribution in [0, 0.1) is 0 Å². The van der Waals surface area contributed by atoms with Gasteiger partial charge in [0, 0.05) is 39.4 Å². The molecule has 3 heterocycles. The highest BCUT2D eigenvalue weighted by molar-refractivity contribution is 5.94. The van der Waals surface area contributed by atoms with Gasteiger partial charge in [0.1, 0.15) is 5.65 Å². The zero-order valence-electron chi connectivity index (χ0n) is 17.3. The third kappa shape index (κ3) is 4.33. The maximum atomic E-state index is 13.3. The van der Waals surface area contributed by atoms with Crippen LogP contribution in [0.4, 0.5) is 0 Å². The molecule has 0 saturated carbocycles. The van der Waals surface area contributed by atoms with Crippen molar-refractivity contribution in [3.63, 3.8) is 0 Å². The molecule has 152 valence electrons. The van der Waals surface area contributed by atoms with Crippen LogP contribution in [0.15, 0.2) is 54.7 Å². The number of carbonyl (C=O) groups excluding carboxylic acids is 1. The van der Waals surface area contributed by atoms with Crippen LogP contribution >= 0.6 is 0 Å². The van der Waals surface area contributed by atoms with E-state index in [1.165, 1.54) is 0 Å². The Morgan fingerprint density at radius 1 is 1.10 bits per heavy atom. The molecule has 1 amide bonds. The monoisotopic (exact) mass is 392 g/mol. The Labute approximate surface area is 171 Å². The number of ether oxygens (including phenoxy) is 1. The molecule has 0 bridgehead atoms. The molecule has 0 N–H and O–H groups in total. The first-order valence-electron chi connectivity index (χ1n) is 10.1. The smallest absolute Gasteiger partial charge is 0.274 e. The van der Waals surface area contributed by atoms with Crippen molar-refractivity contribution in [2.45, 2.75) is 39.1 Å². The van der Waals surface area contributed by atoms with Crippen LogP contribution in [-0.4, -0.2) is 57.4 Å². The van der Waals surface area contributed by atoms with Crippen LogP contribution < -0.4 is 0 Å². The average molecular weight is 393 g/mol. The van der Waals surface area contributed by atoms with Gasteiger partial charge in [0.2, 0.25) is 0 Å². The summed E-state index contributed by atoms with van der Waals surface area (Å²) >= 11 is 0. The fraction of sp³-hybridized carbons (Fsp3) is 0.391. The standard InChI is InChI=1S/C23H28N4O2/c1-17-13-26(14-18(2)29-17)16-20-22(24-21-11-7-8-12-27(20)21)23(28)25(3)15-19-9-5-4-6-10-19/h4-12,17-18H,13-16H2,1-3H3/t17-,18+. The molecule has 4 rings (SSSR count). The molecule has 1 aliphatic heterocycles. The van der Waals surface area contributed by atoms with Crippen molar-refractivity contribution in [2.75, 3.05) is 20.1 Å².